The van der Waals surface area contributed by atoms with E-state index in [0.717, 1.165) is 13.2 Å². The van der Waals surface area contributed by atoms with Gasteiger partial charge in [0.2, 0.25) is 0 Å². The molecule has 4 nitrogen and oxygen atoms in total. The van der Waals surface area contributed by atoms with E-state index in [1.807, 2.05) is 0 Å². The number of hydrogen-bond donors (Lipinski definition) is 0. The number of pyridine rings is 1. The quantitative estimate of drug-likeness (QED) is 0.642. The first-order valence-corrected chi connectivity index (χ1v) is 5.69. The number of nitrogens with zero attached hydrogens (tertiary/aromatic N) is 1. The summed E-state index contributed by atoms with van der Waals surface area (Å²) < 4.78 is 50.4. The van der Waals surface area contributed by atoms with Crippen molar-refractivity contribution in [2.24, 2.45) is 0 Å². The van der Waals surface area contributed by atoms with Gasteiger partial charge in [-0.25, -0.2) is 22.9 Å². The van der Waals surface area contributed by atoms with Crippen LogP contribution in [0.5, 0.6) is 5.75 Å². The lowest BCUT2D eigenvalue weighted by Crippen LogP contribution is -2.08. The molecular weight excluding hydrogens is 275 g/mol. The van der Waals surface area contributed by atoms with Gasteiger partial charge in [0.05, 0.1) is 19.1 Å². The Morgan fingerprint density at radius 1 is 1.25 bits per heavy atom. The lowest BCUT2D eigenvalue weighted by atomic mass is 10.1. The van der Waals surface area contributed by atoms with Crippen LogP contribution in [0.2, 0.25) is 0 Å². The lowest BCUT2D eigenvalue weighted by molar-refractivity contribution is 0.0594. The van der Waals surface area contributed by atoms with Crippen LogP contribution in [-0.4, -0.2) is 24.7 Å². The van der Waals surface area contributed by atoms with E-state index >= 15 is 0 Å². The number of rotatable bonds is 3. The van der Waals surface area contributed by atoms with Crippen molar-refractivity contribution in [2.45, 2.75) is 6.92 Å². The number of benzene rings is 1. The Kier molecular flexibility index (Phi) is 3.78. The number of halogens is 3. The van der Waals surface area contributed by atoms with Crippen molar-refractivity contribution < 1.29 is 27.4 Å². The fraction of sp³-hybridized carbons (Fsp3) is 0.231. The van der Waals surface area contributed by atoms with Gasteiger partial charge in [-0.2, -0.15) is 0 Å². The standard InChI is InChI=1S/C13H10F3NO3/c1-3-20-9-5-8(13(18)19-2)17-12-10(9)6(14)4-7(15)11(12)16/h4-5H,3H2,1-2H3. The third-order valence-electron chi connectivity index (χ3n) is 2.59. The third-order valence-corrected chi connectivity index (χ3v) is 2.59. The van der Waals surface area contributed by atoms with Crippen LogP contribution in [0.3, 0.4) is 0 Å². The number of ether oxygens (including phenoxy) is 2. The molecule has 7 heteroatoms. The third kappa shape index (κ3) is 2.26. The molecule has 1 heterocycles. The van der Waals surface area contributed by atoms with Crippen molar-refractivity contribution >= 4 is 16.9 Å². The number of esters is 1. The summed E-state index contributed by atoms with van der Waals surface area (Å²) in [5.41, 5.74) is -0.916. The van der Waals surface area contributed by atoms with E-state index < -0.39 is 28.9 Å². The first-order valence-electron chi connectivity index (χ1n) is 5.69. The van der Waals surface area contributed by atoms with Crippen molar-refractivity contribution in [3.8, 4) is 5.75 Å². The SMILES string of the molecule is CCOc1cc(C(=O)OC)nc2c(F)c(F)cc(F)c12. The van der Waals surface area contributed by atoms with Crippen LogP contribution in [0.15, 0.2) is 12.1 Å². The molecule has 0 bridgehead atoms. The highest BCUT2D eigenvalue weighted by molar-refractivity contribution is 5.94. The van der Waals surface area contributed by atoms with Crippen LogP contribution in [0, 0.1) is 17.5 Å². The molecule has 20 heavy (non-hydrogen) atoms. The predicted octanol–water partition coefficient (Wildman–Crippen LogP) is 2.84. The molecule has 1 aromatic heterocycles. The Balaban J connectivity index is 2.85. The van der Waals surface area contributed by atoms with Gasteiger partial charge in [-0.3, -0.25) is 0 Å². The van der Waals surface area contributed by atoms with E-state index in [4.69, 9.17) is 4.74 Å². The molecule has 2 rings (SSSR count). The molecule has 0 aliphatic heterocycles. The molecule has 0 saturated carbocycles. The van der Waals surface area contributed by atoms with E-state index in [0.29, 0.717) is 6.07 Å². The summed E-state index contributed by atoms with van der Waals surface area (Å²) in [5.74, 6) is -4.74. The monoisotopic (exact) mass is 285 g/mol. The summed E-state index contributed by atoms with van der Waals surface area (Å²) in [7, 11) is 1.11. The molecule has 0 fully saturated rings. The number of fused-ring (bicyclic) bond motifs is 1. The van der Waals surface area contributed by atoms with Gasteiger partial charge in [0.25, 0.3) is 0 Å². The van der Waals surface area contributed by atoms with Crippen molar-refractivity contribution in [3.05, 3.63) is 35.3 Å². The number of aromatic nitrogens is 1. The van der Waals surface area contributed by atoms with Crippen molar-refractivity contribution in [1.82, 2.24) is 4.98 Å². The normalized spacial score (nSPS) is 10.7. The van der Waals surface area contributed by atoms with Crippen LogP contribution in [-0.2, 0) is 4.74 Å². The first kappa shape index (κ1) is 14.1. The Morgan fingerprint density at radius 3 is 2.55 bits per heavy atom. The van der Waals surface area contributed by atoms with E-state index in [-0.39, 0.29) is 23.4 Å². The van der Waals surface area contributed by atoms with E-state index in [1.165, 1.54) is 0 Å². The molecule has 0 amide bonds. The Bertz CT molecular complexity index is 688. The highest BCUT2D eigenvalue weighted by atomic mass is 19.2. The molecule has 2 aromatic rings. The second-order valence-corrected chi connectivity index (χ2v) is 3.81. The van der Waals surface area contributed by atoms with Crippen molar-refractivity contribution in [2.75, 3.05) is 13.7 Å². The molecule has 1 aromatic carbocycles. The van der Waals surface area contributed by atoms with E-state index in [2.05, 4.69) is 9.72 Å². The lowest BCUT2D eigenvalue weighted by Gasteiger charge is -2.10. The van der Waals surface area contributed by atoms with Gasteiger partial charge < -0.3 is 9.47 Å². The number of carbonyl (C=O) groups is 1. The Labute approximate surface area is 112 Å². The molecule has 0 aliphatic carbocycles. The average Bonchev–Trinajstić information content (AvgIpc) is 2.43. The molecular formula is C13H10F3NO3. The fourth-order valence-corrected chi connectivity index (χ4v) is 1.75. The summed E-state index contributed by atoms with van der Waals surface area (Å²) in [5, 5.41) is -0.321. The Hall–Kier alpha value is -2.31. The van der Waals surface area contributed by atoms with Crippen LogP contribution >= 0.6 is 0 Å². The maximum absolute atomic E-state index is 13.8. The van der Waals surface area contributed by atoms with Gasteiger partial charge >= 0.3 is 5.97 Å². The first-order chi connectivity index (χ1) is 9.49. The molecule has 106 valence electrons. The van der Waals surface area contributed by atoms with Crippen LogP contribution in [0.4, 0.5) is 13.2 Å². The van der Waals surface area contributed by atoms with Gasteiger partial charge in [-0.05, 0) is 6.92 Å². The maximum atomic E-state index is 13.8. The fourth-order valence-electron chi connectivity index (χ4n) is 1.75. The summed E-state index contributed by atoms with van der Waals surface area (Å²) >= 11 is 0. The second-order valence-electron chi connectivity index (χ2n) is 3.81. The van der Waals surface area contributed by atoms with Gasteiger partial charge in [-0.1, -0.05) is 0 Å². The van der Waals surface area contributed by atoms with Crippen LogP contribution < -0.4 is 4.74 Å². The largest absolute Gasteiger partial charge is 0.493 e. The molecule has 0 spiro atoms. The molecule has 0 radical (unpaired) electrons. The topological polar surface area (TPSA) is 48.4 Å². The van der Waals surface area contributed by atoms with Crippen molar-refractivity contribution in [3.63, 3.8) is 0 Å². The predicted molar refractivity (Wildman–Crippen MR) is 64.1 cm³/mol. The number of methoxy groups -OCH3 is 1. The van der Waals surface area contributed by atoms with Crippen molar-refractivity contribution in [1.29, 1.82) is 0 Å². The second kappa shape index (κ2) is 5.36. The average molecular weight is 285 g/mol. The number of hydrogen-bond acceptors (Lipinski definition) is 4. The zero-order chi connectivity index (χ0) is 14.9. The summed E-state index contributed by atoms with van der Waals surface area (Å²) in [6, 6.07) is 1.53. The molecule has 0 unspecified atom stereocenters. The molecule has 0 atom stereocenters. The van der Waals surface area contributed by atoms with Gasteiger partial charge in [0, 0.05) is 12.1 Å². The number of carbonyl (C=O) groups excluding carboxylic acids is 1. The zero-order valence-corrected chi connectivity index (χ0v) is 10.7. The maximum Gasteiger partial charge on any atom is 0.356 e. The minimum absolute atomic E-state index is 0.102. The van der Waals surface area contributed by atoms with E-state index in [9.17, 15) is 18.0 Å². The van der Waals surface area contributed by atoms with Gasteiger partial charge in [0.1, 0.15) is 17.1 Å². The highest BCUT2D eigenvalue weighted by Gasteiger charge is 2.21. The minimum atomic E-state index is -1.40. The summed E-state index contributed by atoms with van der Waals surface area (Å²) in [4.78, 5) is 15.0. The highest BCUT2D eigenvalue weighted by Crippen LogP contribution is 2.31. The smallest absolute Gasteiger partial charge is 0.356 e. The summed E-state index contributed by atoms with van der Waals surface area (Å²) in [6.45, 7) is 1.78. The van der Waals surface area contributed by atoms with Gasteiger partial charge in [-0.15, -0.1) is 0 Å². The zero-order valence-electron chi connectivity index (χ0n) is 10.7. The minimum Gasteiger partial charge on any atom is -0.493 e. The molecule has 0 N–H and O–H groups in total. The summed E-state index contributed by atoms with van der Waals surface area (Å²) in [6.07, 6.45) is 0. The Morgan fingerprint density at radius 2 is 1.95 bits per heavy atom. The molecule has 0 aliphatic rings. The van der Waals surface area contributed by atoms with Crippen LogP contribution in [0.25, 0.3) is 10.9 Å². The van der Waals surface area contributed by atoms with Gasteiger partial charge in [0.15, 0.2) is 17.3 Å². The van der Waals surface area contributed by atoms with Crippen LogP contribution in [0.1, 0.15) is 17.4 Å². The van der Waals surface area contributed by atoms with E-state index in [1.54, 1.807) is 6.92 Å². The molecule has 0 saturated heterocycles.